The van der Waals surface area contributed by atoms with Gasteiger partial charge in [0.05, 0.1) is 18.4 Å². The van der Waals surface area contributed by atoms with E-state index in [1.165, 1.54) is 11.3 Å². The minimum atomic E-state index is 0.138. The fraction of sp³-hybridized carbons (Fsp3) is 0.556. The summed E-state index contributed by atoms with van der Waals surface area (Å²) in [4.78, 5) is 12.9. The van der Waals surface area contributed by atoms with Gasteiger partial charge < -0.3 is 4.90 Å². The molecule has 2 heterocycles. The normalized spacial score (nSPS) is 14.8. The van der Waals surface area contributed by atoms with Gasteiger partial charge >= 0.3 is 0 Å². The highest BCUT2D eigenvalue weighted by Crippen LogP contribution is 2.21. The average Bonchev–Trinajstić information content (AvgIpc) is 2.60. The van der Waals surface area contributed by atoms with Gasteiger partial charge in [-0.25, -0.2) is 0 Å². The highest BCUT2D eigenvalue weighted by Gasteiger charge is 2.24. The zero-order chi connectivity index (χ0) is 9.42. The van der Waals surface area contributed by atoms with Gasteiger partial charge in [-0.05, 0) is 6.92 Å². The van der Waals surface area contributed by atoms with E-state index in [0.29, 0.717) is 0 Å². The Hall–Kier alpha value is -1.32. The van der Waals surface area contributed by atoms with Crippen molar-refractivity contribution >= 4 is 5.91 Å². The largest absolute Gasteiger partial charge is 0.333 e. The van der Waals surface area contributed by atoms with Crippen LogP contribution in [0.1, 0.15) is 25.1 Å². The smallest absolute Gasteiger partial charge is 0.220 e. The fourth-order valence-electron chi connectivity index (χ4n) is 1.70. The molecule has 0 bridgehead atoms. The lowest BCUT2D eigenvalue weighted by Gasteiger charge is -2.12. The van der Waals surface area contributed by atoms with Crippen LogP contribution in [0.15, 0.2) is 6.20 Å². The van der Waals surface area contributed by atoms with E-state index in [2.05, 4.69) is 12.0 Å². The van der Waals surface area contributed by atoms with Crippen LogP contribution in [0.3, 0.4) is 0 Å². The Kier molecular flexibility index (Phi) is 1.83. The van der Waals surface area contributed by atoms with Crippen LogP contribution in [0.25, 0.3) is 0 Å². The second kappa shape index (κ2) is 2.87. The van der Waals surface area contributed by atoms with E-state index in [9.17, 15) is 4.79 Å². The lowest BCUT2D eigenvalue weighted by Crippen LogP contribution is -2.23. The van der Waals surface area contributed by atoms with Crippen molar-refractivity contribution in [3.8, 4) is 0 Å². The molecule has 1 aliphatic rings. The number of carbonyl (C=O) groups is 1. The molecule has 4 nitrogen and oxygen atoms in total. The first-order valence-corrected chi connectivity index (χ1v) is 4.51. The Morgan fingerprint density at radius 2 is 2.38 bits per heavy atom. The summed E-state index contributed by atoms with van der Waals surface area (Å²) in [5, 5.41) is 4.23. The van der Waals surface area contributed by atoms with Crippen molar-refractivity contribution < 1.29 is 4.79 Å². The number of hydrogen-bond donors (Lipinski definition) is 0. The molecule has 4 heteroatoms. The Morgan fingerprint density at radius 3 is 3.00 bits per heavy atom. The van der Waals surface area contributed by atoms with Gasteiger partial charge in [-0.15, -0.1) is 0 Å². The second-order valence-electron chi connectivity index (χ2n) is 3.31. The van der Waals surface area contributed by atoms with Crippen molar-refractivity contribution in [3.05, 3.63) is 17.5 Å². The molecule has 0 aliphatic carbocycles. The zero-order valence-corrected chi connectivity index (χ0v) is 7.95. The maximum atomic E-state index is 11.1. The summed E-state index contributed by atoms with van der Waals surface area (Å²) < 4.78 is 1.96. The molecule has 70 valence electrons. The molecule has 0 spiro atoms. The molecule has 0 aromatic carbocycles. The second-order valence-corrected chi connectivity index (χ2v) is 3.31. The molecule has 1 amide bonds. The molecule has 0 atom stereocenters. The summed E-state index contributed by atoms with van der Waals surface area (Å²) in [6, 6.07) is 0. The number of hydrogen-bond acceptors (Lipinski definition) is 2. The van der Waals surface area contributed by atoms with Gasteiger partial charge in [0.25, 0.3) is 0 Å². The van der Waals surface area contributed by atoms with Crippen LogP contribution >= 0.6 is 0 Å². The lowest BCUT2D eigenvalue weighted by atomic mass is 10.3. The van der Waals surface area contributed by atoms with E-state index in [1.807, 2.05) is 15.8 Å². The molecule has 0 fully saturated rings. The Bertz CT molecular complexity index is 343. The molecular weight excluding hydrogens is 166 g/mol. The molecule has 0 radical (unpaired) electrons. The van der Waals surface area contributed by atoms with Gasteiger partial charge in [0.2, 0.25) is 5.91 Å². The van der Waals surface area contributed by atoms with E-state index in [1.54, 1.807) is 6.92 Å². The molecule has 1 aromatic rings. The summed E-state index contributed by atoms with van der Waals surface area (Å²) in [5.41, 5.74) is 2.38. The molecule has 1 aliphatic heterocycles. The maximum Gasteiger partial charge on any atom is 0.220 e. The summed E-state index contributed by atoms with van der Waals surface area (Å²) in [6.07, 6.45) is 1.86. The van der Waals surface area contributed by atoms with Crippen LogP contribution in [-0.2, 0) is 24.4 Å². The summed E-state index contributed by atoms with van der Waals surface area (Å²) in [5.74, 6) is 0.138. The van der Waals surface area contributed by atoms with E-state index < -0.39 is 0 Å². The Labute approximate surface area is 77.1 Å². The monoisotopic (exact) mass is 179 g/mol. The third kappa shape index (κ3) is 1.22. The van der Waals surface area contributed by atoms with Gasteiger partial charge in [0.15, 0.2) is 0 Å². The molecular formula is C9H13N3O. The predicted octanol–water partition coefficient (Wildman–Crippen LogP) is 0.765. The zero-order valence-electron chi connectivity index (χ0n) is 7.95. The number of carbonyl (C=O) groups excluding carboxylic acids is 1. The van der Waals surface area contributed by atoms with Gasteiger partial charge in [0.1, 0.15) is 0 Å². The third-order valence-corrected chi connectivity index (χ3v) is 2.48. The number of amides is 1. The van der Waals surface area contributed by atoms with E-state index >= 15 is 0 Å². The van der Waals surface area contributed by atoms with Crippen LogP contribution in [0.5, 0.6) is 0 Å². The number of nitrogens with zero attached hydrogens (tertiary/aromatic N) is 3. The first-order chi connectivity index (χ1) is 6.22. The van der Waals surface area contributed by atoms with Crippen LogP contribution < -0.4 is 0 Å². The highest BCUT2D eigenvalue weighted by atomic mass is 16.2. The predicted molar refractivity (Wildman–Crippen MR) is 47.8 cm³/mol. The van der Waals surface area contributed by atoms with Crippen molar-refractivity contribution in [3.63, 3.8) is 0 Å². The number of rotatable bonds is 1. The van der Waals surface area contributed by atoms with Crippen molar-refractivity contribution in [2.24, 2.45) is 0 Å². The first kappa shape index (κ1) is 8.29. The van der Waals surface area contributed by atoms with Crippen LogP contribution in [0, 0.1) is 0 Å². The third-order valence-electron chi connectivity index (χ3n) is 2.48. The SMILES string of the molecule is CCn1ncc2c1CN(C(C)=O)C2. The summed E-state index contributed by atoms with van der Waals surface area (Å²) in [7, 11) is 0. The lowest BCUT2D eigenvalue weighted by molar-refractivity contribution is -0.129. The maximum absolute atomic E-state index is 11.1. The highest BCUT2D eigenvalue weighted by molar-refractivity contribution is 5.73. The van der Waals surface area contributed by atoms with E-state index in [-0.39, 0.29) is 5.91 Å². The Balaban J connectivity index is 2.26. The molecule has 0 N–H and O–H groups in total. The van der Waals surface area contributed by atoms with E-state index in [0.717, 1.165) is 19.6 Å². The average molecular weight is 179 g/mol. The van der Waals surface area contributed by atoms with Crippen LogP contribution in [-0.4, -0.2) is 20.6 Å². The molecule has 0 unspecified atom stereocenters. The fourth-order valence-corrected chi connectivity index (χ4v) is 1.70. The summed E-state index contributed by atoms with van der Waals surface area (Å²) >= 11 is 0. The quantitative estimate of drug-likeness (QED) is 0.638. The van der Waals surface area contributed by atoms with Crippen molar-refractivity contribution in [1.29, 1.82) is 0 Å². The minimum absolute atomic E-state index is 0.138. The van der Waals surface area contributed by atoms with Gasteiger partial charge in [-0.3, -0.25) is 9.48 Å². The van der Waals surface area contributed by atoms with Crippen molar-refractivity contribution in [2.75, 3.05) is 0 Å². The standard InChI is InChI=1S/C9H13N3O/c1-3-12-9-6-11(7(2)13)5-8(9)4-10-12/h4H,3,5-6H2,1-2H3. The van der Waals surface area contributed by atoms with Crippen LogP contribution in [0.4, 0.5) is 0 Å². The van der Waals surface area contributed by atoms with Gasteiger partial charge in [0, 0.05) is 25.6 Å². The van der Waals surface area contributed by atoms with E-state index in [4.69, 9.17) is 0 Å². The molecule has 0 saturated heterocycles. The topological polar surface area (TPSA) is 38.1 Å². The number of aromatic nitrogens is 2. The Morgan fingerprint density at radius 1 is 1.62 bits per heavy atom. The van der Waals surface area contributed by atoms with Crippen molar-refractivity contribution in [1.82, 2.24) is 14.7 Å². The van der Waals surface area contributed by atoms with Gasteiger partial charge in [-0.1, -0.05) is 0 Å². The molecule has 2 rings (SSSR count). The first-order valence-electron chi connectivity index (χ1n) is 4.51. The molecule has 1 aromatic heterocycles. The molecule has 13 heavy (non-hydrogen) atoms. The number of fused-ring (bicyclic) bond motifs is 1. The van der Waals surface area contributed by atoms with Crippen LogP contribution in [0.2, 0.25) is 0 Å². The summed E-state index contributed by atoms with van der Waals surface area (Å²) in [6.45, 7) is 5.99. The van der Waals surface area contributed by atoms with Crippen molar-refractivity contribution in [2.45, 2.75) is 33.5 Å². The number of aryl methyl sites for hydroxylation is 1. The van der Waals surface area contributed by atoms with Gasteiger partial charge in [-0.2, -0.15) is 5.10 Å². The minimum Gasteiger partial charge on any atom is -0.333 e. The molecule has 0 saturated carbocycles.